The normalized spacial score (nSPS) is 11.3. The topological polar surface area (TPSA) is 64.7 Å². The van der Waals surface area contributed by atoms with E-state index in [1.165, 1.54) is 0 Å². The van der Waals surface area contributed by atoms with Gasteiger partial charge in [-0.3, -0.25) is 0 Å². The molecule has 9 aromatic carbocycles. The van der Waals surface area contributed by atoms with Crippen LogP contribution in [0.15, 0.2) is 247 Å². The van der Waals surface area contributed by atoms with Crippen molar-refractivity contribution in [2.45, 2.75) is 0 Å². The summed E-state index contributed by atoms with van der Waals surface area (Å²) in [6.45, 7) is 0. The zero-order chi connectivity index (χ0) is 44.5. The van der Waals surface area contributed by atoms with Crippen molar-refractivity contribution in [3.63, 3.8) is 0 Å². The largest absolute Gasteiger partial charge is 0.455 e. The lowest BCUT2D eigenvalue weighted by Crippen LogP contribution is -1.96. The van der Waals surface area contributed by atoms with Gasteiger partial charge in [-0.25, -0.2) is 19.9 Å². The van der Waals surface area contributed by atoms with Crippen molar-refractivity contribution in [3.8, 4) is 101 Å². The summed E-state index contributed by atoms with van der Waals surface area (Å²) in [7, 11) is 0. The second kappa shape index (κ2) is 17.1. The van der Waals surface area contributed by atoms with Gasteiger partial charge in [0.1, 0.15) is 11.2 Å². The number of nitrogens with zero attached hydrogens (tertiary/aromatic N) is 4. The summed E-state index contributed by atoms with van der Waals surface area (Å²) in [5.74, 6) is 1.36. The standard InChI is InChI=1S/C62H40N4O/c1-5-16-41(17-6-1)49-24-15-25-50(38-49)62-65-55(44-20-9-3-10-21-44)40-57(66-62)45-30-28-42(29-31-45)51-36-37-53-52-26-13-14-27-58(52)67-60(53)59(51)47-34-32-46(33-35-47)56-39-54(43-18-7-2-8-19-43)63-61(64-56)48-22-11-4-12-23-48/h1-40H. The molecule has 0 atom stereocenters. The van der Waals surface area contributed by atoms with Gasteiger partial charge in [-0.15, -0.1) is 0 Å². The van der Waals surface area contributed by atoms with Crippen molar-refractivity contribution in [2.75, 3.05) is 0 Å². The number of furan rings is 1. The molecular weight excluding hydrogens is 817 g/mol. The number of para-hydroxylation sites is 1. The minimum absolute atomic E-state index is 0.675. The maximum Gasteiger partial charge on any atom is 0.160 e. The Bertz CT molecular complexity index is 3640. The first-order valence-corrected chi connectivity index (χ1v) is 22.4. The maximum atomic E-state index is 6.75. The van der Waals surface area contributed by atoms with Gasteiger partial charge in [0, 0.05) is 49.7 Å². The van der Waals surface area contributed by atoms with Gasteiger partial charge in [0.05, 0.1) is 22.8 Å². The maximum absolute atomic E-state index is 6.75. The number of hydrogen-bond acceptors (Lipinski definition) is 5. The van der Waals surface area contributed by atoms with E-state index in [-0.39, 0.29) is 0 Å². The van der Waals surface area contributed by atoms with Gasteiger partial charge in [-0.1, -0.05) is 212 Å². The third kappa shape index (κ3) is 7.75. The average molecular weight is 857 g/mol. The molecule has 0 saturated heterocycles. The average Bonchev–Trinajstić information content (AvgIpc) is 3.80. The Kier molecular flexibility index (Phi) is 10.1. The van der Waals surface area contributed by atoms with E-state index in [0.717, 1.165) is 111 Å². The third-order valence-electron chi connectivity index (χ3n) is 12.4. The molecule has 12 aromatic rings. The highest BCUT2D eigenvalue weighted by atomic mass is 16.3. The van der Waals surface area contributed by atoms with Crippen LogP contribution < -0.4 is 0 Å². The second-order valence-corrected chi connectivity index (χ2v) is 16.6. The molecule has 0 N–H and O–H groups in total. The third-order valence-corrected chi connectivity index (χ3v) is 12.4. The van der Waals surface area contributed by atoms with E-state index in [0.29, 0.717) is 11.6 Å². The van der Waals surface area contributed by atoms with E-state index in [4.69, 9.17) is 24.4 Å². The van der Waals surface area contributed by atoms with E-state index in [1.807, 2.05) is 72.8 Å². The number of aromatic nitrogens is 4. The molecule has 0 saturated carbocycles. The molecule has 0 aliphatic heterocycles. The Morgan fingerprint density at radius 1 is 0.254 bits per heavy atom. The second-order valence-electron chi connectivity index (χ2n) is 16.6. The molecule has 5 nitrogen and oxygen atoms in total. The molecule has 0 spiro atoms. The predicted octanol–water partition coefficient (Wildman–Crippen LogP) is 16.2. The van der Waals surface area contributed by atoms with Crippen LogP contribution in [0.5, 0.6) is 0 Å². The van der Waals surface area contributed by atoms with Gasteiger partial charge in [0.15, 0.2) is 11.6 Å². The molecule has 12 rings (SSSR count). The minimum Gasteiger partial charge on any atom is -0.455 e. The smallest absolute Gasteiger partial charge is 0.160 e. The first-order chi connectivity index (χ1) is 33.2. The number of hydrogen-bond donors (Lipinski definition) is 0. The van der Waals surface area contributed by atoms with Crippen molar-refractivity contribution < 1.29 is 4.42 Å². The molecule has 314 valence electrons. The van der Waals surface area contributed by atoms with Gasteiger partial charge in [-0.2, -0.15) is 0 Å². The first-order valence-electron chi connectivity index (χ1n) is 22.4. The van der Waals surface area contributed by atoms with Crippen LogP contribution in [0.4, 0.5) is 0 Å². The summed E-state index contributed by atoms with van der Waals surface area (Å²) in [5, 5.41) is 2.16. The van der Waals surface area contributed by atoms with Crippen LogP contribution in [0.3, 0.4) is 0 Å². The molecule has 0 bridgehead atoms. The van der Waals surface area contributed by atoms with Crippen molar-refractivity contribution >= 4 is 21.9 Å². The molecular formula is C62H40N4O. The van der Waals surface area contributed by atoms with Crippen molar-refractivity contribution in [1.29, 1.82) is 0 Å². The van der Waals surface area contributed by atoms with Gasteiger partial charge < -0.3 is 4.42 Å². The van der Waals surface area contributed by atoms with Crippen LogP contribution >= 0.6 is 0 Å². The fourth-order valence-electron chi connectivity index (χ4n) is 8.96. The molecule has 67 heavy (non-hydrogen) atoms. The zero-order valence-electron chi connectivity index (χ0n) is 36.3. The van der Waals surface area contributed by atoms with E-state index >= 15 is 0 Å². The highest BCUT2D eigenvalue weighted by Gasteiger charge is 2.19. The number of fused-ring (bicyclic) bond motifs is 3. The van der Waals surface area contributed by atoms with Crippen molar-refractivity contribution in [3.05, 3.63) is 243 Å². The molecule has 5 heteroatoms. The molecule has 0 aliphatic rings. The lowest BCUT2D eigenvalue weighted by Gasteiger charge is -2.14. The summed E-state index contributed by atoms with van der Waals surface area (Å²) in [6, 6.07) is 83.9. The van der Waals surface area contributed by atoms with Crippen molar-refractivity contribution in [1.82, 2.24) is 19.9 Å². The fourth-order valence-corrected chi connectivity index (χ4v) is 8.96. The van der Waals surface area contributed by atoms with Crippen molar-refractivity contribution in [2.24, 2.45) is 0 Å². The van der Waals surface area contributed by atoms with Gasteiger partial charge in [0.2, 0.25) is 0 Å². The number of benzene rings is 9. The van der Waals surface area contributed by atoms with Crippen LogP contribution in [-0.4, -0.2) is 19.9 Å². The van der Waals surface area contributed by atoms with Crippen LogP contribution in [0.25, 0.3) is 123 Å². The van der Waals surface area contributed by atoms with Gasteiger partial charge >= 0.3 is 0 Å². The van der Waals surface area contributed by atoms with E-state index < -0.39 is 0 Å². The monoisotopic (exact) mass is 856 g/mol. The van der Waals surface area contributed by atoms with Crippen LogP contribution in [0.2, 0.25) is 0 Å². The molecule has 0 radical (unpaired) electrons. The highest BCUT2D eigenvalue weighted by molar-refractivity contribution is 6.12. The van der Waals surface area contributed by atoms with E-state index in [1.54, 1.807) is 0 Å². The summed E-state index contributed by atoms with van der Waals surface area (Å²) in [4.78, 5) is 20.4. The molecule has 0 unspecified atom stereocenters. The Morgan fingerprint density at radius 2 is 0.672 bits per heavy atom. The SMILES string of the molecule is c1ccc(-c2cccc(-c3nc(-c4ccccc4)cc(-c4ccc(-c5ccc6c(oc7ccccc76)c5-c5ccc(-c6cc(-c7ccccc7)nc(-c7ccccc7)n6)cc5)cc4)n3)c2)cc1. The van der Waals surface area contributed by atoms with Crippen LogP contribution in [0, 0.1) is 0 Å². The summed E-state index contributed by atoms with van der Waals surface area (Å²) in [5.41, 5.74) is 17.6. The Balaban J connectivity index is 0.952. The summed E-state index contributed by atoms with van der Waals surface area (Å²) >= 11 is 0. The predicted molar refractivity (Wildman–Crippen MR) is 274 cm³/mol. The van der Waals surface area contributed by atoms with Gasteiger partial charge in [0.25, 0.3) is 0 Å². The molecule has 0 fully saturated rings. The fraction of sp³-hybridized carbons (Fsp3) is 0. The van der Waals surface area contributed by atoms with Gasteiger partial charge in [-0.05, 0) is 58.1 Å². The molecule has 0 amide bonds. The molecule has 3 aromatic heterocycles. The lowest BCUT2D eigenvalue weighted by atomic mass is 9.91. The highest BCUT2D eigenvalue weighted by Crippen LogP contribution is 2.43. The summed E-state index contributed by atoms with van der Waals surface area (Å²) < 4.78 is 6.75. The van der Waals surface area contributed by atoms with Crippen LogP contribution in [-0.2, 0) is 0 Å². The lowest BCUT2D eigenvalue weighted by molar-refractivity contribution is 0.670. The van der Waals surface area contributed by atoms with Crippen LogP contribution in [0.1, 0.15) is 0 Å². The zero-order valence-corrected chi connectivity index (χ0v) is 36.3. The summed E-state index contributed by atoms with van der Waals surface area (Å²) in [6.07, 6.45) is 0. The Hall–Kier alpha value is -9.06. The molecule has 0 aliphatic carbocycles. The Morgan fingerprint density at radius 3 is 1.24 bits per heavy atom. The first kappa shape index (κ1) is 39.5. The number of rotatable bonds is 9. The quantitative estimate of drug-likeness (QED) is 0.145. The minimum atomic E-state index is 0.675. The van der Waals surface area contributed by atoms with E-state index in [2.05, 4.69) is 170 Å². The van der Waals surface area contributed by atoms with E-state index in [9.17, 15) is 0 Å². The Labute approximate surface area is 388 Å². The molecule has 3 heterocycles.